The van der Waals surface area contributed by atoms with Gasteiger partial charge in [-0.05, 0) is 35.6 Å². The van der Waals surface area contributed by atoms with Crippen molar-refractivity contribution in [1.82, 2.24) is 4.98 Å². The second-order valence-electron chi connectivity index (χ2n) is 8.24. The fraction of sp³-hybridized carbons (Fsp3) is 0.250. The molecule has 2 bridgehead atoms. The third-order valence-electron chi connectivity index (χ3n) is 6.43. The Balaban J connectivity index is 1.52. The highest BCUT2D eigenvalue weighted by Crippen LogP contribution is 2.61. The van der Waals surface area contributed by atoms with Gasteiger partial charge in [0.1, 0.15) is 5.69 Å². The van der Waals surface area contributed by atoms with Crippen LogP contribution in [0.25, 0.3) is 0 Å². The van der Waals surface area contributed by atoms with Crippen molar-refractivity contribution in [3.8, 4) is 0 Å². The van der Waals surface area contributed by atoms with Crippen molar-refractivity contribution in [2.45, 2.75) is 32.1 Å². The van der Waals surface area contributed by atoms with Crippen LogP contribution in [0.1, 0.15) is 64.8 Å². The molecule has 0 radical (unpaired) electrons. The highest BCUT2D eigenvalue weighted by atomic mass is 32.1. The number of Topliss-reactive ketones (excluding diaryl/α,β-unsaturated/α-hetero) is 2. The van der Waals surface area contributed by atoms with Gasteiger partial charge in [0, 0.05) is 24.1 Å². The Hall–Kier alpha value is -3.12. The smallest absolute Gasteiger partial charge is 0.247 e. The van der Waals surface area contributed by atoms with Crippen LogP contribution in [0, 0.1) is 5.41 Å². The van der Waals surface area contributed by atoms with Crippen LogP contribution in [0.15, 0.2) is 53.9 Å². The number of benzene rings is 2. The van der Waals surface area contributed by atoms with E-state index in [0.29, 0.717) is 11.6 Å². The quantitative estimate of drug-likeness (QED) is 0.500. The molecule has 0 aliphatic heterocycles. The van der Waals surface area contributed by atoms with E-state index in [1.165, 1.54) is 34.6 Å². The van der Waals surface area contributed by atoms with E-state index >= 15 is 0 Å². The first-order valence-electron chi connectivity index (χ1n) is 9.90. The zero-order valence-corrected chi connectivity index (χ0v) is 17.5. The Morgan fingerprint density at radius 3 is 2.13 bits per heavy atom. The molecule has 0 saturated carbocycles. The predicted molar refractivity (Wildman–Crippen MR) is 115 cm³/mol. The van der Waals surface area contributed by atoms with Gasteiger partial charge >= 0.3 is 0 Å². The van der Waals surface area contributed by atoms with Crippen molar-refractivity contribution in [3.05, 3.63) is 81.9 Å². The lowest BCUT2D eigenvalue weighted by Gasteiger charge is -2.50. The Kier molecular flexibility index (Phi) is 4.22. The molecular weight excluding hydrogens is 396 g/mol. The number of hydrogen-bond donors (Lipinski definition) is 1. The molecule has 3 aliphatic carbocycles. The topological polar surface area (TPSA) is 76.1 Å². The number of nitrogens with one attached hydrogen (secondary N) is 1. The number of thiazole rings is 1. The van der Waals surface area contributed by atoms with Gasteiger partial charge in [-0.1, -0.05) is 48.5 Å². The number of aromatic nitrogens is 1. The van der Waals surface area contributed by atoms with Crippen molar-refractivity contribution >= 4 is 33.9 Å². The van der Waals surface area contributed by atoms with Gasteiger partial charge in [-0.3, -0.25) is 14.4 Å². The molecule has 2 aromatic carbocycles. The third kappa shape index (κ3) is 2.67. The summed E-state index contributed by atoms with van der Waals surface area (Å²) in [6, 6.07) is 16.8. The normalized spacial score (nSPS) is 23.4. The first-order valence-corrected chi connectivity index (χ1v) is 10.8. The van der Waals surface area contributed by atoms with Crippen LogP contribution >= 0.6 is 11.3 Å². The number of carbonyl (C=O) groups excluding carboxylic acids is 3. The Labute approximate surface area is 178 Å². The molecule has 0 spiro atoms. The molecule has 1 N–H and O–H groups in total. The number of fused-ring (bicyclic) bond motifs is 1. The molecule has 1 atom stereocenters. The number of rotatable bonds is 4. The van der Waals surface area contributed by atoms with E-state index in [4.69, 9.17) is 0 Å². The summed E-state index contributed by atoms with van der Waals surface area (Å²) in [7, 11) is 0. The summed E-state index contributed by atoms with van der Waals surface area (Å²) in [4.78, 5) is 40.9. The van der Waals surface area contributed by atoms with Crippen molar-refractivity contribution in [1.29, 1.82) is 0 Å². The molecule has 6 rings (SSSR count). The summed E-state index contributed by atoms with van der Waals surface area (Å²) in [6.45, 7) is 3.23. The van der Waals surface area contributed by atoms with Gasteiger partial charge in [-0.25, -0.2) is 4.98 Å². The van der Waals surface area contributed by atoms with Crippen LogP contribution in [0.2, 0.25) is 0 Å². The van der Waals surface area contributed by atoms with Gasteiger partial charge in [0.2, 0.25) is 17.5 Å². The summed E-state index contributed by atoms with van der Waals surface area (Å²) in [5.41, 5.74) is 4.44. The molecule has 3 aromatic rings. The van der Waals surface area contributed by atoms with Crippen molar-refractivity contribution in [2.24, 2.45) is 5.41 Å². The van der Waals surface area contributed by atoms with Gasteiger partial charge in [0.25, 0.3) is 0 Å². The number of ketones is 2. The highest BCUT2D eigenvalue weighted by Gasteiger charge is 2.53. The molecule has 0 saturated heterocycles. The third-order valence-corrected chi connectivity index (χ3v) is 7.18. The van der Waals surface area contributed by atoms with E-state index in [9.17, 15) is 14.4 Å². The predicted octanol–water partition coefficient (Wildman–Crippen LogP) is 4.54. The molecule has 1 aromatic heterocycles. The van der Waals surface area contributed by atoms with Crippen LogP contribution in [0.5, 0.6) is 0 Å². The van der Waals surface area contributed by atoms with E-state index in [-0.39, 0.29) is 23.4 Å². The van der Waals surface area contributed by atoms with Crippen LogP contribution in [0.4, 0.5) is 5.13 Å². The van der Waals surface area contributed by atoms with Crippen LogP contribution in [-0.2, 0) is 9.59 Å². The van der Waals surface area contributed by atoms with Gasteiger partial charge in [-0.2, -0.15) is 0 Å². The molecule has 1 amide bonds. The largest absolute Gasteiger partial charge is 0.301 e. The number of hydrogen-bond acceptors (Lipinski definition) is 5. The molecule has 6 heteroatoms. The minimum Gasteiger partial charge on any atom is -0.301 e. The lowest BCUT2D eigenvalue weighted by atomic mass is 9.52. The zero-order valence-electron chi connectivity index (χ0n) is 16.6. The monoisotopic (exact) mass is 416 g/mol. The average molecular weight is 417 g/mol. The maximum absolute atomic E-state index is 13.5. The molecule has 5 nitrogen and oxygen atoms in total. The van der Waals surface area contributed by atoms with E-state index in [1.54, 1.807) is 0 Å². The van der Waals surface area contributed by atoms with E-state index in [1.807, 2.05) is 19.1 Å². The SMILES string of the molecule is CC(=O)C(=O)c1csc(NC(=O)C2(C)CC3c4ccccc4C2c2ccccc23)n1. The molecular formula is C24H20N2O3S. The second kappa shape index (κ2) is 6.71. The van der Waals surface area contributed by atoms with Gasteiger partial charge in [0.15, 0.2) is 5.13 Å². The van der Waals surface area contributed by atoms with Crippen molar-refractivity contribution in [2.75, 3.05) is 5.32 Å². The van der Waals surface area contributed by atoms with E-state index < -0.39 is 17.0 Å². The summed E-state index contributed by atoms with van der Waals surface area (Å²) in [5, 5.41) is 4.77. The number of carbonyl (C=O) groups is 3. The van der Waals surface area contributed by atoms with Crippen LogP contribution in [-0.4, -0.2) is 22.5 Å². The molecule has 1 unspecified atom stereocenters. The maximum atomic E-state index is 13.5. The number of anilines is 1. The molecule has 1 heterocycles. The van der Waals surface area contributed by atoms with Crippen molar-refractivity contribution in [3.63, 3.8) is 0 Å². The molecule has 0 fully saturated rings. The van der Waals surface area contributed by atoms with Gasteiger partial charge < -0.3 is 5.32 Å². The maximum Gasteiger partial charge on any atom is 0.247 e. The number of amides is 1. The zero-order chi connectivity index (χ0) is 21.0. The summed E-state index contributed by atoms with van der Waals surface area (Å²) < 4.78 is 0. The Bertz CT molecular complexity index is 1170. The lowest BCUT2D eigenvalue weighted by Crippen LogP contribution is -2.47. The van der Waals surface area contributed by atoms with E-state index in [2.05, 4.69) is 46.7 Å². The standard InChI is InChI=1S/C24H20N2O3S/c1-13(27)21(28)19-12-30-23(25-19)26-22(29)24(2)11-18-14-7-3-5-9-16(14)20(24)17-10-6-4-8-15(17)18/h3-10,12,18,20H,11H2,1-2H3,(H,25,26,29). The van der Waals surface area contributed by atoms with E-state index in [0.717, 1.165) is 11.3 Å². The molecule has 30 heavy (non-hydrogen) atoms. The average Bonchev–Trinajstić information content (AvgIpc) is 3.21. The first-order chi connectivity index (χ1) is 14.4. The fourth-order valence-corrected chi connectivity index (χ4v) is 5.73. The Morgan fingerprint density at radius 2 is 1.57 bits per heavy atom. The lowest BCUT2D eigenvalue weighted by molar-refractivity contribution is -0.126. The fourth-order valence-electron chi connectivity index (χ4n) is 5.05. The van der Waals surface area contributed by atoms with Gasteiger partial charge in [0.05, 0.1) is 5.41 Å². The van der Waals surface area contributed by atoms with Gasteiger partial charge in [-0.15, -0.1) is 11.3 Å². The molecule has 3 aliphatic rings. The van der Waals surface area contributed by atoms with Crippen molar-refractivity contribution < 1.29 is 14.4 Å². The summed E-state index contributed by atoms with van der Waals surface area (Å²) in [5.74, 6) is -1.20. The minimum atomic E-state index is -0.649. The summed E-state index contributed by atoms with van der Waals surface area (Å²) >= 11 is 1.16. The number of nitrogens with zero attached hydrogens (tertiary/aromatic N) is 1. The Morgan fingerprint density at radius 1 is 1.00 bits per heavy atom. The minimum absolute atomic E-state index is 0.0480. The second-order valence-corrected chi connectivity index (χ2v) is 9.10. The molecule has 150 valence electrons. The first kappa shape index (κ1) is 18.9. The van der Waals surface area contributed by atoms with Crippen LogP contribution < -0.4 is 5.32 Å². The van der Waals surface area contributed by atoms with Crippen LogP contribution in [0.3, 0.4) is 0 Å². The summed E-state index contributed by atoms with van der Waals surface area (Å²) in [6.07, 6.45) is 0.710. The highest BCUT2D eigenvalue weighted by molar-refractivity contribution is 7.14.